The summed E-state index contributed by atoms with van der Waals surface area (Å²) >= 11 is 0. The second-order valence-electron chi connectivity index (χ2n) is 7.54. The molecule has 3 amide bonds. The van der Waals surface area contributed by atoms with Gasteiger partial charge < -0.3 is 20.7 Å². The van der Waals surface area contributed by atoms with E-state index in [4.69, 9.17) is 4.74 Å². The van der Waals surface area contributed by atoms with Crippen molar-refractivity contribution in [3.8, 4) is 5.75 Å². The van der Waals surface area contributed by atoms with Crippen LogP contribution in [0.25, 0.3) is 0 Å². The minimum Gasteiger partial charge on any atom is -0.497 e. The predicted molar refractivity (Wildman–Crippen MR) is 107 cm³/mol. The Balaban J connectivity index is 1.86. The molecular weight excluding hydrogens is 358 g/mol. The summed E-state index contributed by atoms with van der Waals surface area (Å²) in [5, 5.41) is 8.36. The van der Waals surface area contributed by atoms with E-state index in [-0.39, 0.29) is 36.2 Å². The second kappa shape index (κ2) is 10.7. The van der Waals surface area contributed by atoms with Gasteiger partial charge in [0.25, 0.3) is 5.91 Å². The highest BCUT2D eigenvalue weighted by Gasteiger charge is 2.25. The van der Waals surface area contributed by atoms with Crippen molar-refractivity contribution in [2.75, 3.05) is 13.7 Å². The molecule has 1 aromatic carbocycles. The molecule has 0 radical (unpaired) electrons. The molecule has 1 aromatic rings. The van der Waals surface area contributed by atoms with E-state index in [0.29, 0.717) is 11.3 Å². The molecule has 2 rings (SSSR count). The quantitative estimate of drug-likeness (QED) is 0.634. The number of carbonyl (C=O) groups is 3. The number of hydrogen-bond acceptors (Lipinski definition) is 4. The Morgan fingerprint density at radius 2 is 1.71 bits per heavy atom. The summed E-state index contributed by atoms with van der Waals surface area (Å²) in [6, 6.07) is 6.14. The zero-order valence-electron chi connectivity index (χ0n) is 16.9. The van der Waals surface area contributed by atoms with Crippen LogP contribution in [0.3, 0.4) is 0 Å². The number of ether oxygens (including phenoxy) is 1. The number of methoxy groups -OCH3 is 1. The number of carbonyl (C=O) groups excluding carboxylic acids is 3. The van der Waals surface area contributed by atoms with Crippen molar-refractivity contribution < 1.29 is 19.1 Å². The van der Waals surface area contributed by atoms with Crippen molar-refractivity contribution in [2.24, 2.45) is 5.92 Å². The largest absolute Gasteiger partial charge is 0.497 e. The molecule has 0 spiro atoms. The van der Waals surface area contributed by atoms with Gasteiger partial charge in [-0.05, 0) is 43.0 Å². The van der Waals surface area contributed by atoms with Gasteiger partial charge in [0.2, 0.25) is 11.8 Å². The van der Waals surface area contributed by atoms with Crippen molar-refractivity contribution in [3.05, 3.63) is 29.8 Å². The zero-order valence-corrected chi connectivity index (χ0v) is 16.9. The molecule has 0 aliphatic heterocycles. The first kappa shape index (κ1) is 21.7. The molecule has 0 bridgehead atoms. The summed E-state index contributed by atoms with van der Waals surface area (Å²) in [7, 11) is 1.55. The van der Waals surface area contributed by atoms with E-state index in [1.807, 2.05) is 13.8 Å². The number of rotatable bonds is 8. The molecule has 1 aliphatic carbocycles. The molecule has 7 nitrogen and oxygen atoms in total. The highest BCUT2D eigenvalue weighted by molar-refractivity contribution is 5.98. The molecule has 28 heavy (non-hydrogen) atoms. The lowest BCUT2D eigenvalue weighted by Crippen LogP contribution is -2.52. The lowest BCUT2D eigenvalue weighted by atomic mass is 9.95. The third-order valence-corrected chi connectivity index (χ3v) is 4.98. The highest BCUT2D eigenvalue weighted by Crippen LogP contribution is 2.17. The molecule has 1 fully saturated rings. The fraction of sp³-hybridized carbons (Fsp3) is 0.571. The van der Waals surface area contributed by atoms with Crippen LogP contribution in [0.4, 0.5) is 0 Å². The van der Waals surface area contributed by atoms with Crippen molar-refractivity contribution in [1.29, 1.82) is 0 Å². The van der Waals surface area contributed by atoms with Crippen LogP contribution in [-0.2, 0) is 9.59 Å². The Hall–Kier alpha value is -2.57. The molecule has 0 heterocycles. The molecule has 0 aromatic heterocycles. The fourth-order valence-corrected chi connectivity index (χ4v) is 3.30. The molecule has 0 saturated heterocycles. The van der Waals surface area contributed by atoms with Gasteiger partial charge in [0, 0.05) is 11.6 Å². The van der Waals surface area contributed by atoms with Crippen LogP contribution in [0, 0.1) is 5.92 Å². The average Bonchev–Trinajstić information content (AvgIpc) is 2.70. The Morgan fingerprint density at radius 3 is 2.29 bits per heavy atom. The Morgan fingerprint density at radius 1 is 1.07 bits per heavy atom. The van der Waals surface area contributed by atoms with Gasteiger partial charge in [-0.25, -0.2) is 0 Å². The van der Waals surface area contributed by atoms with Crippen molar-refractivity contribution in [1.82, 2.24) is 16.0 Å². The minimum atomic E-state index is -0.725. The first-order valence-corrected chi connectivity index (χ1v) is 9.92. The highest BCUT2D eigenvalue weighted by atomic mass is 16.5. The van der Waals surface area contributed by atoms with Gasteiger partial charge in [-0.2, -0.15) is 0 Å². The van der Waals surface area contributed by atoms with Gasteiger partial charge in [-0.15, -0.1) is 0 Å². The van der Waals surface area contributed by atoms with E-state index < -0.39 is 6.04 Å². The van der Waals surface area contributed by atoms with Gasteiger partial charge in [-0.1, -0.05) is 33.1 Å². The first-order valence-electron chi connectivity index (χ1n) is 9.92. The Labute approximate surface area is 166 Å². The maximum Gasteiger partial charge on any atom is 0.251 e. The molecule has 1 unspecified atom stereocenters. The van der Waals surface area contributed by atoms with Crippen molar-refractivity contribution in [2.45, 2.75) is 58.0 Å². The summed E-state index contributed by atoms with van der Waals surface area (Å²) < 4.78 is 5.08. The molecule has 3 N–H and O–H groups in total. The van der Waals surface area contributed by atoms with Gasteiger partial charge in [0.15, 0.2) is 0 Å². The van der Waals surface area contributed by atoms with Crippen LogP contribution < -0.4 is 20.7 Å². The number of benzene rings is 1. The van der Waals surface area contributed by atoms with Gasteiger partial charge in [0.1, 0.15) is 11.8 Å². The van der Waals surface area contributed by atoms with E-state index in [2.05, 4.69) is 16.0 Å². The Kier molecular flexibility index (Phi) is 8.29. The molecular formula is C21H31N3O4. The normalized spacial score (nSPS) is 15.6. The maximum atomic E-state index is 12.5. The lowest BCUT2D eigenvalue weighted by molar-refractivity contribution is -0.128. The average molecular weight is 389 g/mol. The maximum absolute atomic E-state index is 12.5. The summed E-state index contributed by atoms with van der Waals surface area (Å²) in [5.41, 5.74) is 0.439. The van der Waals surface area contributed by atoms with E-state index in [9.17, 15) is 14.4 Å². The topological polar surface area (TPSA) is 96.5 Å². The lowest BCUT2D eigenvalue weighted by Gasteiger charge is -2.24. The molecule has 1 aliphatic rings. The monoisotopic (exact) mass is 389 g/mol. The minimum absolute atomic E-state index is 0.0863. The van der Waals surface area contributed by atoms with Crippen LogP contribution in [-0.4, -0.2) is 43.5 Å². The van der Waals surface area contributed by atoms with E-state index in [0.717, 1.165) is 25.7 Å². The van der Waals surface area contributed by atoms with Crippen LogP contribution >= 0.6 is 0 Å². The third kappa shape index (κ3) is 6.55. The second-order valence-corrected chi connectivity index (χ2v) is 7.54. The van der Waals surface area contributed by atoms with Crippen molar-refractivity contribution >= 4 is 17.7 Å². The SMILES string of the molecule is COc1ccc(C(=O)NC(C(=O)NCC(=O)NC2CCCCC2)C(C)C)cc1. The van der Waals surface area contributed by atoms with Gasteiger partial charge in [0.05, 0.1) is 13.7 Å². The van der Waals surface area contributed by atoms with Crippen LogP contribution in [0.5, 0.6) is 5.75 Å². The van der Waals surface area contributed by atoms with E-state index in [1.54, 1.807) is 31.4 Å². The Bertz CT molecular complexity index is 667. The summed E-state index contributed by atoms with van der Waals surface area (Å²) in [6.45, 7) is 3.61. The molecule has 154 valence electrons. The van der Waals surface area contributed by atoms with Crippen LogP contribution in [0.15, 0.2) is 24.3 Å². The summed E-state index contributed by atoms with van der Waals surface area (Å²) in [4.78, 5) is 37.1. The summed E-state index contributed by atoms with van der Waals surface area (Å²) in [5.74, 6) is -0.370. The third-order valence-electron chi connectivity index (χ3n) is 4.98. The number of nitrogens with one attached hydrogen (secondary N) is 3. The van der Waals surface area contributed by atoms with Crippen LogP contribution in [0.2, 0.25) is 0 Å². The van der Waals surface area contributed by atoms with Crippen LogP contribution in [0.1, 0.15) is 56.3 Å². The molecule has 1 saturated carbocycles. The van der Waals surface area contributed by atoms with Gasteiger partial charge >= 0.3 is 0 Å². The molecule has 1 atom stereocenters. The smallest absolute Gasteiger partial charge is 0.251 e. The first-order chi connectivity index (χ1) is 13.4. The van der Waals surface area contributed by atoms with E-state index >= 15 is 0 Å². The predicted octanol–water partition coefficient (Wildman–Crippen LogP) is 2.01. The summed E-state index contributed by atoms with van der Waals surface area (Å²) in [6.07, 6.45) is 5.46. The van der Waals surface area contributed by atoms with E-state index in [1.165, 1.54) is 6.42 Å². The number of amides is 3. The number of hydrogen-bond donors (Lipinski definition) is 3. The van der Waals surface area contributed by atoms with Gasteiger partial charge in [-0.3, -0.25) is 14.4 Å². The zero-order chi connectivity index (χ0) is 20.5. The molecule has 7 heteroatoms. The fourth-order valence-electron chi connectivity index (χ4n) is 3.30. The van der Waals surface area contributed by atoms with Crippen molar-refractivity contribution in [3.63, 3.8) is 0 Å². The standard InChI is InChI=1S/C21H31N3O4/c1-14(2)19(24-20(26)15-9-11-17(28-3)12-10-15)21(27)22-13-18(25)23-16-7-5-4-6-8-16/h9-12,14,16,19H,4-8,13H2,1-3H3,(H,22,27)(H,23,25)(H,24,26).